The second-order valence-electron chi connectivity index (χ2n) is 8.13. The molecule has 0 aromatic carbocycles. The Kier molecular flexibility index (Phi) is 16.9. The third-order valence-electron chi connectivity index (χ3n) is 5.12. The number of carbonyl (C=O) groups is 6. The minimum Gasteiger partial charge on any atom is -0.481 e. The van der Waals surface area contributed by atoms with Gasteiger partial charge in [-0.15, -0.1) is 0 Å². The van der Waals surface area contributed by atoms with Crippen molar-refractivity contribution in [1.82, 2.24) is 16.0 Å². The Labute approximate surface area is 213 Å². The minimum atomic E-state index is -1.48. The SMILES string of the molecule is CSCCC(N)C(=O)NC(CCC(N)=O)C(=O)NC(CCCCN)C(=O)NC(CCC(=O)O)C(=O)O. The maximum Gasteiger partial charge on any atom is 0.326 e. The van der Waals surface area contributed by atoms with E-state index in [1.807, 2.05) is 6.26 Å². The van der Waals surface area contributed by atoms with Crippen LogP contribution in [0.4, 0.5) is 0 Å². The van der Waals surface area contributed by atoms with Crippen LogP contribution >= 0.6 is 11.8 Å². The summed E-state index contributed by atoms with van der Waals surface area (Å²) in [5, 5.41) is 25.3. The summed E-state index contributed by atoms with van der Waals surface area (Å²) in [6, 6.07) is -4.80. The van der Waals surface area contributed by atoms with Gasteiger partial charge in [-0.3, -0.25) is 24.0 Å². The molecule has 0 radical (unpaired) electrons. The van der Waals surface area contributed by atoms with Crippen molar-refractivity contribution < 1.29 is 39.0 Å². The van der Waals surface area contributed by atoms with E-state index in [1.54, 1.807) is 0 Å². The number of nitrogens with two attached hydrogens (primary N) is 3. The highest BCUT2D eigenvalue weighted by atomic mass is 32.2. The topological polar surface area (TPSA) is 257 Å². The van der Waals surface area contributed by atoms with Crippen molar-refractivity contribution in [2.45, 2.75) is 75.5 Å². The van der Waals surface area contributed by atoms with Crippen LogP contribution in [0, 0.1) is 0 Å². The van der Waals surface area contributed by atoms with Crippen LogP contribution in [0.25, 0.3) is 0 Å². The van der Waals surface area contributed by atoms with Gasteiger partial charge in [0.25, 0.3) is 0 Å². The second kappa shape index (κ2) is 18.4. The average molecular weight is 535 g/mol. The first-order chi connectivity index (χ1) is 16.9. The van der Waals surface area contributed by atoms with Gasteiger partial charge >= 0.3 is 11.9 Å². The van der Waals surface area contributed by atoms with Gasteiger partial charge in [-0.05, 0) is 57.1 Å². The Morgan fingerprint density at radius 2 is 1.31 bits per heavy atom. The number of amides is 4. The molecule has 14 nitrogen and oxygen atoms in total. The zero-order valence-corrected chi connectivity index (χ0v) is 21.2. The molecule has 0 fully saturated rings. The molecule has 0 heterocycles. The molecule has 0 aliphatic carbocycles. The van der Waals surface area contributed by atoms with Crippen LogP contribution in [-0.4, -0.2) is 88.5 Å². The summed E-state index contributed by atoms with van der Waals surface area (Å²) in [6.45, 7) is 0.323. The lowest BCUT2D eigenvalue weighted by atomic mass is 10.0. The predicted octanol–water partition coefficient (Wildman–Crippen LogP) is -2.13. The van der Waals surface area contributed by atoms with E-state index in [2.05, 4.69) is 16.0 Å². The normalized spacial score (nSPS) is 14.1. The van der Waals surface area contributed by atoms with E-state index in [1.165, 1.54) is 11.8 Å². The number of aliphatic carboxylic acids is 2. The smallest absolute Gasteiger partial charge is 0.326 e. The Morgan fingerprint density at radius 3 is 1.81 bits per heavy atom. The Balaban J connectivity index is 5.55. The van der Waals surface area contributed by atoms with Crippen molar-refractivity contribution in [2.75, 3.05) is 18.6 Å². The van der Waals surface area contributed by atoms with Gasteiger partial charge in [0.15, 0.2) is 0 Å². The van der Waals surface area contributed by atoms with Gasteiger partial charge in [0.1, 0.15) is 18.1 Å². The predicted molar refractivity (Wildman–Crippen MR) is 133 cm³/mol. The molecule has 15 heteroatoms. The molecule has 0 bridgehead atoms. The first-order valence-corrected chi connectivity index (χ1v) is 12.9. The van der Waals surface area contributed by atoms with E-state index in [4.69, 9.17) is 22.3 Å². The van der Waals surface area contributed by atoms with Crippen LogP contribution in [0.5, 0.6) is 0 Å². The van der Waals surface area contributed by atoms with Crippen molar-refractivity contribution in [3.05, 3.63) is 0 Å². The lowest BCUT2D eigenvalue weighted by Gasteiger charge is -2.25. The van der Waals surface area contributed by atoms with E-state index < -0.39 is 66.2 Å². The van der Waals surface area contributed by atoms with E-state index in [0.717, 1.165) is 0 Å². The first-order valence-electron chi connectivity index (χ1n) is 11.5. The molecule has 0 saturated heterocycles. The third-order valence-corrected chi connectivity index (χ3v) is 5.77. The fraction of sp³-hybridized carbons (Fsp3) is 0.714. The molecule has 11 N–H and O–H groups in total. The Morgan fingerprint density at radius 1 is 0.778 bits per heavy atom. The van der Waals surface area contributed by atoms with E-state index >= 15 is 0 Å². The number of carboxylic acid groups (broad SMARTS) is 2. The van der Waals surface area contributed by atoms with Crippen molar-refractivity contribution in [1.29, 1.82) is 0 Å². The minimum absolute atomic E-state index is 0.101. The Hall–Kier alpha value is -2.91. The molecule has 0 aliphatic heterocycles. The van der Waals surface area contributed by atoms with Crippen LogP contribution < -0.4 is 33.2 Å². The zero-order chi connectivity index (χ0) is 27.7. The fourth-order valence-electron chi connectivity index (χ4n) is 3.04. The summed E-state index contributed by atoms with van der Waals surface area (Å²) < 4.78 is 0. The fourth-order valence-corrected chi connectivity index (χ4v) is 3.53. The largest absolute Gasteiger partial charge is 0.481 e. The van der Waals surface area contributed by atoms with Crippen molar-refractivity contribution in [3.63, 3.8) is 0 Å². The number of thioether (sulfide) groups is 1. The summed E-state index contributed by atoms with van der Waals surface area (Å²) in [5.41, 5.74) is 16.5. The standard InChI is InChI=1S/C21H38N6O8S/c1-36-11-9-12(23)18(31)25-14(5-7-16(24)28)20(33)26-13(4-2-3-10-22)19(32)27-15(21(34)35)6-8-17(29)30/h12-15H,2-11,22-23H2,1H3,(H2,24,28)(H,25,31)(H,26,33)(H,27,32)(H,29,30)(H,34,35). The molecule has 0 rings (SSSR count). The van der Waals surface area contributed by atoms with Crippen LogP contribution in [0.3, 0.4) is 0 Å². The average Bonchev–Trinajstić information content (AvgIpc) is 2.81. The summed E-state index contributed by atoms with van der Waals surface area (Å²) in [6.07, 6.45) is 2.03. The lowest BCUT2D eigenvalue weighted by molar-refractivity contribution is -0.143. The summed E-state index contributed by atoms with van der Waals surface area (Å²) in [7, 11) is 0. The van der Waals surface area contributed by atoms with Crippen molar-refractivity contribution in [3.8, 4) is 0 Å². The van der Waals surface area contributed by atoms with Gasteiger partial charge in [0, 0.05) is 12.8 Å². The molecule has 206 valence electrons. The van der Waals surface area contributed by atoms with Gasteiger partial charge < -0.3 is 43.4 Å². The number of primary amides is 1. The number of carboxylic acids is 2. The van der Waals surface area contributed by atoms with E-state index in [0.29, 0.717) is 31.6 Å². The van der Waals surface area contributed by atoms with Gasteiger partial charge in [-0.2, -0.15) is 11.8 Å². The van der Waals surface area contributed by atoms with Crippen molar-refractivity contribution >= 4 is 47.3 Å². The summed E-state index contributed by atoms with van der Waals surface area (Å²) in [5.74, 6) is -4.98. The van der Waals surface area contributed by atoms with Gasteiger partial charge in [-0.25, -0.2) is 4.79 Å². The Bertz CT molecular complexity index is 769. The molecule has 0 aromatic heterocycles. The quantitative estimate of drug-likeness (QED) is 0.0782. The maximum absolute atomic E-state index is 13.0. The molecule has 0 aliphatic rings. The number of hydrogen-bond donors (Lipinski definition) is 8. The number of unbranched alkanes of at least 4 members (excludes halogenated alkanes) is 1. The highest BCUT2D eigenvalue weighted by molar-refractivity contribution is 7.98. The molecule has 0 saturated carbocycles. The zero-order valence-electron chi connectivity index (χ0n) is 20.4. The molecule has 4 amide bonds. The van der Waals surface area contributed by atoms with Gasteiger partial charge in [0.2, 0.25) is 23.6 Å². The summed E-state index contributed by atoms with van der Waals surface area (Å²) >= 11 is 1.49. The number of carbonyl (C=O) groups excluding carboxylic acids is 4. The van der Waals surface area contributed by atoms with Gasteiger partial charge in [0.05, 0.1) is 6.04 Å². The van der Waals surface area contributed by atoms with Crippen molar-refractivity contribution in [2.24, 2.45) is 17.2 Å². The molecule has 0 spiro atoms. The van der Waals surface area contributed by atoms with Crippen LogP contribution in [0.15, 0.2) is 0 Å². The highest BCUT2D eigenvalue weighted by Crippen LogP contribution is 2.07. The molecule has 36 heavy (non-hydrogen) atoms. The highest BCUT2D eigenvalue weighted by Gasteiger charge is 2.30. The molecular formula is C21H38N6O8S. The van der Waals surface area contributed by atoms with Crippen LogP contribution in [0.1, 0.15) is 51.4 Å². The van der Waals surface area contributed by atoms with Gasteiger partial charge in [-0.1, -0.05) is 0 Å². The molecule has 4 unspecified atom stereocenters. The lowest BCUT2D eigenvalue weighted by Crippen LogP contribution is -2.57. The molecule has 4 atom stereocenters. The number of hydrogen-bond acceptors (Lipinski definition) is 9. The first kappa shape index (κ1) is 33.1. The van der Waals surface area contributed by atoms with Crippen LogP contribution in [0.2, 0.25) is 0 Å². The van der Waals surface area contributed by atoms with E-state index in [-0.39, 0.29) is 25.7 Å². The summed E-state index contributed by atoms with van der Waals surface area (Å²) in [4.78, 5) is 71.8. The number of rotatable bonds is 20. The molecule has 0 aromatic rings. The second-order valence-corrected chi connectivity index (χ2v) is 9.12. The number of nitrogens with one attached hydrogen (secondary N) is 3. The maximum atomic E-state index is 13.0. The van der Waals surface area contributed by atoms with Crippen LogP contribution in [-0.2, 0) is 28.8 Å². The monoisotopic (exact) mass is 534 g/mol. The third kappa shape index (κ3) is 14.5. The van der Waals surface area contributed by atoms with E-state index in [9.17, 15) is 33.9 Å². The molecular weight excluding hydrogens is 496 g/mol.